The van der Waals surface area contributed by atoms with Crippen molar-refractivity contribution in [3.8, 4) is 0 Å². The summed E-state index contributed by atoms with van der Waals surface area (Å²) < 4.78 is 28.5. The molecule has 0 unspecified atom stereocenters. The van der Waals surface area contributed by atoms with Crippen LogP contribution in [0.3, 0.4) is 0 Å². The second-order valence-electron chi connectivity index (χ2n) is 8.29. The fraction of sp³-hybridized carbons (Fsp3) is 0.600. The lowest BCUT2D eigenvalue weighted by atomic mass is 9.97. The van der Waals surface area contributed by atoms with Gasteiger partial charge in [-0.15, -0.1) is 10.2 Å². The summed E-state index contributed by atoms with van der Waals surface area (Å²) >= 11 is 0. The summed E-state index contributed by atoms with van der Waals surface area (Å²) in [6, 6.07) is 3.71. The molecule has 2 aromatic rings. The van der Waals surface area contributed by atoms with Gasteiger partial charge >= 0.3 is 0 Å². The minimum atomic E-state index is -3.22. The van der Waals surface area contributed by atoms with Crippen LogP contribution in [0.15, 0.2) is 18.3 Å². The molecular weight excluding hydrogens is 404 g/mol. The first kappa shape index (κ1) is 20.9. The monoisotopic (exact) mass is 432 g/mol. The van der Waals surface area contributed by atoms with Gasteiger partial charge in [-0.25, -0.2) is 12.7 Å². The van der Waals surface area contributed by atoms with Gasteiger partial charge in [0.2, 0.25) is 10.0 Å². The Morgan fingerprint density at radius 1 is 1.13 bits per heavy atom. The number of nitrogens with zero attached hydrogens (tertiary/aromatic N) is 6. The first-order valence-electron chi connectivity index (χ1n) is 10.4. The van der Waals surface area contributed by atoms with Crippen molar-refractivity contribution in [2.45, 2.75) is 57.9 Å². The summed E-state index contributed by atoms with van der Waals surface area (Å²) in [5.41, 5.74) is 1.34. The van der Waals surface area contributed by atoms with Gasteiger partial charge in [-0.3, -0.25) is 9.78 Å². The lowest BCUT2D eigenvalue weighted by Crippen LogP contribution is -2.42. The third-order valence-electron chi connectivity index (χ3n) is 6.06. The van der Waals surface area contributed by atoms with Crippen molar-refractivity contribution in [3.05, 3.63) is 41.2 Å². The predicted molar refractivity (Wildman–Crippen MR) is 111 cm³/mol. The van der Waals surface area contributed by atoms with Crippen LogP contribution in [0.25, 0.3) is 0 Å². The fourth-order valence-electron chi connectivity index (χ4n) is 4.18. The van der Waals surface area contributed by atoms with E-state index in [1.54, 1.807) is 29.2 Å². The van der Waals surface area contributed by atoms with Gasteiger partial charge in [-0.05, 0) is 45.2 Å². The van der Waals surface area contributed by atoms with E-state index in [9.17, 15) is 13.2 Å². The maximum atomic E-state index is 12.9. The minimum absolute atomic E-state index is 0.0869. The molecule has 2 aliphatic rings. The highest BCUT2D eigenvalue weighted by Gasteiger charge is 2.34. The van der Waals surface area contributed by atoms with E-state index in [1.165, 1.54) is 0 Å². The van der Waals surface area contributed by atoms with E-state index in [1.807, 2.05) is 19.1 Å². The van der Waals surface area contributed by atoms with Crippen LogP contribution in [0, 0.1) is 6.92 Å². The van der Waals surface area contributed by atoms with Crippen molar-refractivity contribution in [3.63, 3.8) is 0 Å². The number of piperidine rings is 1. The number of aromatic nitrogens is 4. The molecule has 30 heavy (non-hydrogen) atoms. The molecule has 4 heterocycles. The van der Waals surface area contributed by atoms with Crippen LogP contribution in [0.2, 0.25) is 0 Å². The number of hydrogen-bond acceptors (Lipinski definition) is 6. The molecule has 0 atom stereocenters. The molecule has 1 amide bonds. The van der Waals surface area contributed by atoms with Crippen molar-refractivity contribution < 1.29 is 13.2 Å². The summed E-state index contributed by atoms with van der Waals surface area (Å²) in [4.78, 5) is 18.9. The molecule has 0 bridgehead atoms. The minimum Gasteiger partial charge on any atom is -0.328 e. The molecule has 0 aromatic carbocycles. The molecule has 2 aromatic heterocycles. The van der Waals surface area contributed by atoms with E-state index < -0.39 is 15.3 Å². The quantitative estimate of drug-likeness (QED) is 0.727. The van der Waals surface area contributed by atoms with Gasteiger partial charge in [0.15, 0.2) is 5.82 Å². The topological polar surface area (TPSA) is 101 Å². The Hall–Kier alpha value is -2.33. The molecule has 162 valence electrons. The number of pyridine rings is 1. The van der Waals surface area contributed by atoms with Gasteiger partial charge < -0.3 is 9.47 Å². The molecule has 0 saturated carbocycles. The molecule has 1 fully saturated rings. The second-order valence-corrected chi connectivity index (χ2v) is 10.8. The van der Waals surface area contributed by atoms with E-state index in [0.29, 0.717) is 38.4 Å². The zero-order valence-corrected chi connectivity index (χ0v) is 18.5. The highest BCUT2D eigenvalue weighted by Crippen LogP contribution is 2.30. The number of carbonyl (C=O) groups excluding carboxylic acids is 1. The second kappa shape index (κ2) is 8.07. The number of amides is 1. The summed E-state index contributed by atoms with van der Waals surface area (Å²) in [6.07, 6.45) is 3.11. The summed E-state index contributed by atoms with van der Waals surface area (Å²) in [7, 11) is -3.22. The predicted octanol–water partition coefficient (Wildman–Crippen LogP) is 1.56. The first-order chi connectivity index (χ1) is 14.3. The van der Waals surface area contributed by atoms with Crippen LogP contribution in [-0.2, 0) is 23.1 Å². The van der Waals surface area contributed by atoms with E-state index in [0.717, 1.165) is 30.1 Å². The molecule has 10 heteroatoms. The van der Waals surface area contributed by atoms with Crippen molar-refractivity contribution in [2.75, 3.05) is 19.6 Å². The molecule has 2 aliphatic heterocycles. The molecule has 0 aliphatic carbocycles. The summed E-state index contributed by atoms with van der Waals surface area (Å²) in [5.74, 6) is 1.78. The van der Waals surface area contributed by atoms with Crippen LogP contribution in [0.5, 0.6) is 0 Å². The standard InChI is InChI=1S/C20H28N6O3S/c1-14(2)30(28,29)25-9-6-16(7-10-25)19-23-22-17-13-24(11-12-26(17)19)20(27)18-15(3)5-4-8-21-18/h4-5,8,14,16H,6-7,9-13H2,1-3H3. The fourth-order valence-corrected chi connectivity index (χ4v) is 5.50. The van der Waals surface area contributed by atoms with Gasteiger partial charge in [-0.2, -0.15) is 0 Å². The van der Waals surface area contributed by atoms with Crippen LogP contribution in [0.4, 0.5) is 0 Å². The number of fused-ring (bicyclic) bond motifs is 1. The highest BCUT2D eigenvalue weighted by atomic mass is 32.2. The Kier molecular flexibility index (Phi) is 5.63. The Morgan fingerprint density at radius 2 is 1.87 bits per heavy atom. The van der Waals surface area contributed by atoms with Gasteiger partial charge in [0.25, 0.3) is 5.91 Å². The van der Waals surface area contributed by atoms with Gasteiger partial charge in [0.1, 0.15) is 11.5 Å². The van der Waals surface area contributed by atoms with E-state index in [4.69, 9.17) is 0 Å². The molecule has 0 radical (unpaired) electrons. The normalized spacial score (nSPS) is 18.6. The molecular formula is C20H28N6O3S. The maximum Gasteiger partial charge on any atom is 0.273 e. The molecule has 4 rings (SSSR count). The summed E-state index contributed by atoms with van der Waals surface area (Å²) in [6.45, 7) is 7.96. The Labute approximate surface area is 177 Å². The van der Waals surface area contributed by atoms with Crippen LogP contribution < -0.4 is 0 Å². The van der Waals surface area contributed by atoms with Crippen LogP contribution >= 0.6 is 0 Å². The molecule has 0 N–H and O–H groups in total. The Bertz CT molecular complexity index is 1040. The number of hydrogen-bond donors (Lipinski definition) is 0. The summed E-state index contributed by atoms with van der Waals surface area (Å²) in [5, 5.41) is 8.36. The number of sulfonamides is 1. The van der Waals surface area contributed by atoms with Gasteiger partial charge in [0.05, 0.1) is 11.8 Å². The lowest BCUT2D eigenvalue weighted by molar-refractivity contribution is 0.0699. The van der Waals surface area contributed by atoms with Crippen molar-refractivity contribution in [1.29, 1.82) is 0 Å². The first-order valence-corrected chi connectivity index (χ1v) is 11.9. The number of aryl methyl sites for hydroxylation is 1. The van der Waals surface area contributed by atoms with Gasteiger partial charge in [0, 0.05) is 38.3 Å². The Morgan fingerprint density at radius 3 is 2.53 bits per heavy atom. The van der Waals surface area contributed by atoms with Crippen LogP contribution in [0.1, 0.15) is 60.3 Å². The maximum absolute atomic E-state index is 12.9. The van der Waals surface area contributed by atoms with E-state index in [-0.39, 0.29) is 11.8 Å². The van der Waals surface area contributed by atoms with E-state index >= 15 is 0 Å². The molecule has 1 saturated heterocycles. The van der Waals surface area contributed by atoms with Crippen LogP contribution in [-0.4, -0.2) is 68.2 Å². The number of rotatable bonds is 4. The van der Waals surface area contributed by atoms with Gasteiger partial charge in [-0.1, -0.05) is 6.07 Å². The average Bonchev–Trinajstić information content (AvgIpc) is 3.17. The third kappa shape index (κ3) is 3.74. The van der Waals surface area contributed by atoms with Crippen molar-refractivity contribution in [1.82, 2.24) is 29.0 Å². The lowest BCUT2D eigenvalue weighted by Gasteiger charge is -2.33. The zero-order valence-electron chi connectivity index (χ0n) is 17.7. The SMILES string of the molecule is Cc1cccnc1C(=O)N1CCn2c(nnc2C2CCN(S(=O)(=O)C(C)C)CC2)C1. The Balaban J connectivity index is 1.45. The largest absolute Gasteiger partial charge is 0.328 e. The number of carbonyl (C=O) groups is 1. The van der Waals surface area contributed by atoms with Crippen molar-refractivity contribution in [2.24, 2.45) is 0 Å². The average molecular weight is 433 g/mol. The third-order valence-corrected chi connectivity index (χ3v) is 8.33. The van der Waals surface area contributed by atoms with Crippen molar-refractivity contribution >= 4 is 15.9 Å². The van der Waals surface area contributed by atoms with E-state index in [2.05, 4.69) is 19.7 Å². The zero-order chi connectivity index (χ0) is 21.5. The highest BCUT2D eigenvalue weighted by molar-refractivity contribution is 7.89. The molecule has 9 nitrogen and oxygen atoms in total. The molecule has 0 spiro atoms. The smallest absolute Gasteiger partial charge is 0.273 e.